The molecule has 0 amide bonds. The fraction of sp³-hybridized carbons (Fsp3) is 0.0345. The Kier molecular flexibility index (Phi) is 7.76. The van der Waals surface area contributed by atoms with Crippen LogP contribution in [0.25, 0.3) is 98.6 Å². The van der Waals surface area contributed by atoms with E-state index in [1.807, 2.05) is 0 Å². The smallest absolute Gasteiger partial charge is 0.104 e. The maximum absolute atomic E-state index is 12.2. The minimum atomic E-state index is 0.343. The number of hydrogen-bond donors (Lipinski definition) is 0. The molecular weight excluding hydrogens is 781 g/mol. The molecule has 6 nitrogen and oxygen atoms in total. The van der Waals surface area contributed by atoms with Crippen molar-refractivity contribution in [1.29, 1.82) is 10.5 Å². The van der Waals surface area contributed by atoms with Crippen LogP contribution in [0.2, 0.25) is 0 Å². The van der Waals surface area contributed by atoms with Gasteiger partial charge in [0.05, 0.1) is 58.2 Å². The normalized spacial score (nSPS) is 11.8. The van der Waals surface area contributed by atoms with Crippen LogP contribution in [0.3, 0.4) is 0 Å². The molecular formula is C58H36N6. The summed E-state index contributed by atoms with van der Waals surface area (Å²) in [5.41, 5.74) is 12.2. The zero-order valence-electron chi connectivity index (χ0n) is 34.6. The number of fused-ring (bicyclic) bond motifs is 12. The number of aromatic nitrogens is 4. The molecule has 0 saturated heterocycles. The first kappa shape index (κ1) is 35.9. The van der Waals surface area contributed by atoms with Crippen molar-refractivity contribution < 1.29 is 0 Å². The summed E-state index contributed by atoms with van der Waals surface area (Å²) in [6, 6.07) is 73.5. The van der Waals surface area contributed by atoms with Crippen LogP contribution in [0.15, 0.2) is 194 Å². The van der Waals surface area contributed by atoms with Crippen molar-refractivity contribution in [3.8, 4) is 23.5 Å². The molecule has 0 saturated carbocycles. The van der Waals surface area contributed by atoms with E-state index in [0.717, 1.165) is 98.4 Å². The van der Waals surface area contributed by atoms with Crippen molar-refractivity contribution in [3.05, 3.63) is 216 Å². The zero-order chi connectivity index (χ0) is 42.5. The largest absolute Gasteiger partial charge is 0.336 e. The number of rotatable bonds is 6. The second kappa shape index (κ2) is 13.8. The van der Waals surface area contributed by atoms with Gasteiger partial charge in [-0.05, 0) is 48.5 Å². The third-order valence-corrected chi connectivity index (χ3v) is 13.5. The lowest BCUT2D eigenvalue weighted by molar-refractivity contribution is 0.823. The Balaban J connectivity index is 1.26. The second-order valence-corrected chi connectivity index (χ2v) is 16.6. The van der Waals surface area contributed by atoms with Crippen LogP contribution in [0.5, 0.6) is 0 Å². The molecule has 0 atom stereocenters. The van der Waals surface area contributed by atoms with Gasteiger partial charge in [-0.15, -0.1) is 0 Å². The van der Waals surface area contributed by atoms with Crippen molar-refractivity contribution in [2.45, 2.75) is 13.1 Å². The molecule has 0 aliphatic rings. The average molecular weight is 817 g/mol. The van der Waals surface area contributed by atoms with Gasteiger partial charge in [0, 0.05) is 76.3 Å². The highest BCUT2D eigenvalue weighted by Gasteiger charge is 2.31. The van der Waals surface area contributed by atoms with Crippen LogP contribution in [0.1, 0.15) is 22.3 Å². The van der Waals surface area contributed by atoms with Gasteiger partial charge in [-0.1, -0.05) is 146 Å². The quantitative estimate of drug-likeness (QED) is 0.168. The van der Waals surface area contributed by atoms with Gasteiger partial charge >= 0.3 is 0 Å². The molecule has 4 aromatic heterocycles. The SMILES string of the molecule is N#Cc1c(Cn2c3ccccc3c3ccccc32)c(-n2c3ccccc3c3ccccc32)c(C#N)c(-n2c3ccccc3c3ccccc32)c1Cn1c2ccccc2c2ccccc21. The van der Waals surface area contributed by atoms with E-state index in [1.165, 1.54) is 0 Å². The Labute approximate surface area is 367 Å². The summed E-state index contributed by atoms with van der Waals surface area (Å²) >= 11 is 0. The zero-order valence-corrected chi connectivity index (χ0v) is 34.6. The van der Waals surface area contributed by atoms with Gasteiger partial charge in [-0.25, -0.2) is 0 Å². The lowest BCUT2D eigenvalue weighted by atomic mass is 9.92. The van der Waals surface area contributed by atoms with E-state index in [9.17, 15) is 10.5 Å². The maximum Gasteiger partial charge on any atom is 0.104 e. The lowest BCUT2D eigenvalue weighted by Crippen LogP contribution is -2.18. The molecule has 4 heterocycles. The highest BCUT2D eigenvalue weighted by molar-refractivity contribution is 6.13. The summed E-state index contributed by atoms with van der Waals surface area (Å²) in [6.07, 6.45) is 0. The number of hydrogen-bond acceptors (Lipinski definition) is 2. The molecule has 0 unspecified atom stereocenters. The summed E-state index contributed by atoms with van der Waals surface area (Å²) in [6.45, 7) is 0.685. The minimum Gasteiger partial charge on any atom is -0.336 e. The summed E-state index contributed by atoms with van der Waals surface area (Å²) in [7, 11) is 0. The van der Waals surface area contributed by atoms with Crippen molar-refractivity contribution in [3.63, 3.8) is 0 Å². The molecule has 0 bridgehead atoms. The van der Waals surface area contributed by atoms with E-state index < -0.39 is 0 Å². The van der Waals surface area contributed by atoms with Crippen LogP contribution in [0.4, 0.5) is 0 Å². The lowest BCUT2D eigenvalue weighted by Gasteiger charge is -2.26. The third kappa shape index (κ3) is 4.94. The van der Waals surface area contributed by atoms with E-state index in [0.29, 0.717) is 35.6 Å². The third-order valence-electron chi connectivity index (χ3n) is 13.5. The molecule has 0 fully saturated rings. The first-order valence-corrected chi connectivity index (χ1v) is 21.6. The minimum absolute atomic E-state index is 0.343. The van der Waals surface area contributed by atoms with Crippen LogP contribution in [-0.4, -0.2) is 18.3 Å². The van der Waals surface area contributed by atoms with Crippen molar-refractivity contribution in [1.82, 2.24) is 18.3 Å². The summed E-state index contributed by atoms with van der Waals surface area (Å²) in [5, 5.41) is 33.1. The van der Waals surface area contributed by atoms with Gasteiger partial charge in [-0.2, -0.15) is 10.5 Å². The molecule has 0 spiro atoms. The average Bonchev–Trinajstić information content (AvgIpc) is 4.07. The van der Waals surface area contributed by atoms with Crippen molar-refractivity contribution >= 4 is 87.2 Å². The Bertz CT molecular complexity index is 3710. The standard InChI is InChI=1S/C58H36N6/c59-33-45-47(35-61-49-25-9-1-17-37(49)38-18-2-10-26-50(38)61)57(63-53-29-13-5-21-41(53)42-22-6-14-30-54(42)63)46(34-60)58(64-55-31-15-7-23-43(55)44-24-8-16-32-56(44)64)48(45)36-62-51-27-11-3-19-39(51)40-20-4-12-28-52(40)62/h1-32H,35-36H2. The molecule has 6 heteroatoms. The highest BCUT2D eigenvalue weighted by Crippen LogP contribution is 2.44. The number of benzene rings is 9. The van der Waals surface area contributed by atoms with Crippen LogP contribution in [-0.2, 0) is 13.1 Å². The maximum atomic E-state index is 12.2. The van der Waals surface area contributed by atoms with Crippen LogP contribution >= 0.6 is 0 Å². The summed E-state index contributed by atoms with van der Waals surface area (Å²) < 4.78 is 9.19. The van der Waals surface area contributed by atoms with E-state index in [4.69, 9.17) is 0 Å². The summed E-state index contributed by atoms with van der Waals surface area (Å²) in [5.74, 6) is 0. The first-order chi connectivity index (χ1) is 31.7. The van der Waals surface area contributed by atoms with Crippen molar-refractivity contribution in [2.24, 2.45) is 0 Å². The molecule has 0 N–H and O–H groups in total. The van der Waals surface area contributed by atoms with Gasteiger partial charge in [0.15, 0.2) is 0 Å². The predicted molar refractivity (Wildman–Crippen MR) is 262 cm³/mol. The van der Waals surface area contributed by atoms with Crippen LogP contribution < -0.4 is 0 Å². The first-order valence-electron chi connectivity index (χ1n) is 21.6. The van der Waals surface area contributed by atoms with Crippen LogP contribution in [0, 0.1) is 22.7 Å². The fourth-order valence-electron chi connectivity index (χ4n) is 10.9. The number of nitrogens with zero attached hydrogens (tertiary/aromatic N) is 6. The predicted octanol–water partition coefficient (Wildman–Crippen LogP) is 13.9. The van der Waals surface area contributed by atoms with Gasteiger partial charge < -0.3 is 18.3 Å². The molecule has 13 aromatic rings. The molecule has 0 radical (unpaired) electrons. The number of nitriles is 2. The van der Waals surface area contributed by atoms with Gasteiger partial charge in [-0.3, -0.25) is 0 Å². The van der Waals surface area contributed by atoms with E-state index in [-0.39, 0.29) is 0 Å². The summed E-state index contributed by atoms with van der Waals surface area (Å²) in [4.78, 5) is 0. The topological polar surface area (TPSA) is 67.3 Å². The van der Waals surface area contributed by atoms with E-state index in [1.54, 1.807) is 0 Å². The monoisotopic (exact) mass is 816 g/mol. The molecule has 298 valence electrons. The molecule has 0 aliphatic heterocycles. The molecule has 64 heavy (non-hydrogen) atoms. The van der Waals surface area contributed by atoms with E-state index >= 15 is 0 Å². The Morgan fingerprint density at radius 2 is 0.500 bits per heavy atom. The second-order valence-electron chi connectivity index (χ2n) is 16.6. The Hall–Kier alpha value is -8.84. The van der Waals surface area contributed by atoms with E-state index in [2.05, 4.69) is 225 Å². The Morgan fingerprint density at radius 1 is 0.281 bits per heavy atom. The highest BCUT2D eigenvalue weighted by atomic mass is 15.1. The number of para-hydroxylation sites is 8. The van der Waals surface area contributed by atoms with Gasteiger partial charge in [0.2, 0.25) is 0 Å². The fourth-order valence-corrected chi connectivity index (χ4v) is 10.9. The molecule has 9 aromatic carbocycles. The van der Waals surface area contributed by atoms with Gasteiger partial charge in [0.25, 0.3) is 0 Å². The van der Waals surface area contributed by atoms with Crippen molar-refractivity contribution in [2.75, 3.05) is 0 Å². The van der Waals surface area contributed by atoms with Gasteiger partial charge in [0.1, 0.15) is 11.6 Å². The molecule has 0 aliphatic carbocycles. The molecule has 13 rings (SSSR count). The Morgan fingerprint density at radius 3 is 0.750 bits per heavy atom.